The zero-order valence-corrected chi connectivity index (χ0v) is 10.6. The first kappa shape index (κ1) is 14.5. The van der Waals surface area contributed by atoms with Crippen molar-refractivity contribution in [1.82, 2.24) is 4.90 Å². The predicted molar refractivity (Wildman–Crippen MR) is 45.4 cm³/mol. The molecule has 0 fully saturated rings. The first-order valence-electron chi connectivity index (χ1n) is 3.80. The second-order valence-electron chi connectivity index (χ2n) is 2.66. The molecule has 1 N–H and O–H groups in total. The second-order valence-corrected chi connectivity index (χ2v) is 2.66. The van der Waals surface area contributed by atoms with Crippen LogP contribution in [0.25, 0.3) is 0 Å². The number of halogens is 2. The molecule has 1 rings (SSSR count). The summed E-state index contributed by atoms with van der Waals surface area (Å²) >= 11 is 0. The standard InChI is InChI=1S/C9H8F2NO2.Y/c1-6-2-3-7(9(13)14)4-12(6)5-8(10)11;/h2-3,8H,1,5H2,(H,13,14);/q-1;. The SMILES string of the molecule is C=C1C=CC(C(=O)O)=[C-]N1CC(F)F.[Y]. The maximum absolute atomic E-state index is 12.0. The fourth-order valence-corrected chi connectivity index (χ4v) is 0.944. The summed E-state index contributed by atoms with van der Waals surface area (Å²) in [4.78, 5) is 11.5. The van der Waals surface area contributed by atoms with Gasteiger partial charge in [0.1, 0.15) is 0 Å². The molecule has 1 heterocycles. The van der Waals surface area contributed by atoms with Gasteiger partial charge in [-0.1, -0.05) is 6.20 Å². The topological polar surface area (TPSA) is 40.5 Å². The molecule has 0 unspecified atom stereocenters. The van der Waals surface area contributed by atoms with Crippen molar-refractivity contribution < 1.29 is 51.4 Å². The van der Waals surface area contributed by atoms with Crippen molar-refractivity contribution in [3.8, 4) is 0 Å². The van der Waals surface area contributed by atoms with Crippen LogP contribution in [0.15, 0.2) is 30.0 Å². The van der Waals surface area contributed by atoms with Gasteiger partial charge in [0.2, 0.25) is 5.97 Å². The van der Waals surface area contributed by atoms with Gasteiger partial charge < -0.3 is 14.8 Å². The summed E-state index contributed by atoms with van der Waals surface area (Å²) in [7, 11) is 0. The Morgan fingerprint density at radius 1 is 1.60 bits per heavy atom. The van der Waals surface area contributed by atoms with E-state index in [-0.39, 0.29) is 38.3 Å². The van der Waals surface area contributed by atoms with Gasteiger partial charge >= 0.3 is 0 Å². The Hall–Kier alpha value is -0.546. The number of carboxylic acids is 1. The van der Waals surface area contributed by atoms with Crippen LogP contribution in [0.5, 0.6) is 0 Å². The van der Waals surface area contributed by atoms with Gasteiger partial charge in [0.15, 0.2) is 0 Å². The van der Waals surface area contributed by atoms with Gasteiger partial charge in [0.05, 0.1) is 6.54 Å². The molecular formula is C9H8F2NO2Y-. The van der Waals surface area contributed by atoms with Crippen molar-refractivity contribution in [2.75, 3.05) is 6.54 Å². The van der Waals surface area contributed by atoms with Gasteiger partial charge in [-0.3, -0.25) is 0 Å². The van der Waals surface area contributed by atoms with Gasteiger partial charge in [-0.25, -0.2) is 8.78 Å². The zero-order valence-electron chi connectivity index (χ0n) is 7.78. The monoisotopic (exact) mass is 289 g/mol. The smallest absolute Gasteiger partial charge is 0.254 e. The van der Waals surface area contributed by atoms with Gasteiger partial charge in [0, 0.05) is 32.7 Å². The molecule has 0 atom stereocenters. The van der Waals surface area contributed by atoms with E-state index in [4.69, 9.17) is 5.11 Å². The summed E-state index contributed by atoms with van der Waals surface area (Å²) in [6, 6.07) is 0. The minimum Gasteiger partial charge on any atom is -0.521 e. The van der Waals surface area contributed by atoms with Crippen LogP contribution < -0.4 is 0 Å². The first-order valence-corrected chi connectivity index (χ1v) is 3.80. The van der Waals surface area contributed by atoms with Gasteiger partial charge in [-0.2, -0.15) is 0 Å². The molecule has 0 aromatic heterocycles. The number of hydrogen-bond donors (Lipinski definition) is 1. The Balaban J connectivity index is 0.00000196. The molecule has 1 aliphatic rings. The van der Waals surface area contributed by atoms with Crippen LogP contribution in [0.1, 0.15) is 0 Å². The number of carbonyl (C=O) groups is 1. The first-order chi connectivity index (χ1) is 6.50. The summed E-state index contributed by atoms with van der Waals surface area (Å²) in [6.07, 6.45) is 2.40. The van der Waals surface area contributed by atoms with E-state index < -0.39 is 18.9 Å². The quantitative estimate of drug-likeness (QED) is 0.799. The minimum atomic E-state index is -2.55. The van der Waals surface area contributed by atoms with Crippen LogP contribution in [-0.2, 0) is 37.5 Å². The summed E-state index contributed by atoms with van der Waals surface area (Å²) in [5.74, 6) is -1.20. The van der Waals surface area contributed by atoms with E-state index in [1.165, 1.54) is 12.2 Å². The molecule has 15 heavy (non-hydrogen) atoms. The molecule has 1 aliphatic heterocycles. The Morgan fingerprint density at radius 2 is 2.20 bits per heavy atom. The Morgan fingerprint density at radius 3 is 2.67 bits per heavy atom. The van der Waals surface area contributed by atoms with Crippen molar-refractivity contribution in [3.63, 3.8) is 0 Å². The van der Waals surface area contributed by atoms with E-state index in [0.29, 0.717) is 5.70 Å². The molecule has 0 aliphatic carbocycles. The number of carboxylic acid groups (broad SMARTS) is 1. The van der Waals surface area contributed by atoms with Crippen LogP contribution in [0.3, 0.4) is 0 Å². The van der Waals surface area contributed by atoms with Crippen LogP contribution in [0.4, 0.5) is 8.78 Å². The van der Waals surface area contributed by atoms with Crippen LogP contribution in [0, 0.1) is 6.20 Å². The van der Waals surface area contributed by atoms with Crippen molar-refractivity contribution in [2.45, 2.75) is 6.43 Å². The molecule has 0 bridgehead atoms. The Labute approximate surface area is 111 Å². The summed E-state index contributed by atoms with van der Waals surface area (Å²) in [5.41, 5.74) is 0.147. The largest absolute Gasteiger partial charge is 0.521 e. The molecule has 3 nitrogen and oxygen atoms in total. The summed E-state index contributed by atoms with van der Waals surface area (Å²) in [5, 5.41) is 8.58. The third-order valence-electron chi connectivity index (χ3n) is 1.60. The molecule has 6 heteroatoms. The number of allylic oxidation sites excluding steroid dienone is 1. The van der Waals surface area contributed by atoms with E-state index in [1.807, 2.05) is 0 Å². The van der Waals surface area contributed by atoms with E-state index in [1.54, 1.807) is 0 Å². The number of alkyl halides is 2. The fourth-order valence-electron chi connectivity index (χ4n) is 0.944. The Kier molecular flexibility index (Phi) is 5.90. The second kappa shape index (κ2) is 6.13. The Bertz CT molecular complexity index is 326. The third-order valence-corrected chi connectivity index (χ3v) is 1.60. The predicted octanol–water partition coefficient (Wildman–Crippen LogP) is 1.41. The number of rotatable bonds is 3. The molecule has 79 valence electrons. The minimum absolute atomic E-state index is 0. The van der Waals surface area contributed by atoms with Gasteiger partial charge in [-0.05, 0) is 11.3 Å². The third kappa shape index (κ3) is 4.22. The maximum Gasteiger partial charge on any atom is 0.254 e. The van der Waals surface area contributed by atoms with Crippen LogP contribution in [-0.4, -0.2) is 28.9 Å². The molecule has 1 radical (unpaired) electrons. The van der Waals surface area contributed by atoms with Gasteiger partial charge in [0.25, 0.3) is 6.43 Å². The van der Waals surface area contributed by atoms with Crippen molar-refractivity contribution >= 4 is 5.97 Å². The van der Waals surface area contributed by atoms with Crippen LogP contribution >= 0.6 is 0 Å². The average Bonchev–Trinajstić information content (AvgIpc) is 2.07. The zero-order chi connectivity index (χ0) is 10.7. The maximum atomic E-state index is 12.0. The summed E-state index contributed by atoms with van der Waals surface area (Å²) in [6.45, 7) is 2.88. The molecule has 0 saturated heterocycles. The normalized spacial score (nSPS) is 15.0. The molecule has 0 spiro atoms. The molecular weight excluding hydrogens is 281 g/mol. The van der Waals surface area contributed by atoms with E-state index >= 15 is 0 Å². The number of hydrogen-bond acceptors (Lipinski definition) is 2. The fraction of sp³-hybridized carbons (Fsp3) is 0.222. The van der Waals surface area contributed by atoms with E-state index in [0.717, 1.165) is 4.90 Å². The average molecular weight is 289 g/mol. The van der Waals surface area contributed by atoms with Crippen molar-refractivity contribution in [2.24, 2.45) is 0 Å². The molecule has 0 amide bonds. The molecule has 0 saturated carbocycles. The number of nitrogens with zero attached hydrogens (tertiary/aromatic N) is 1. The number of aliphatic carboxylic acids is 1. The molecule has 0 aromatic rings. The van der Waals surface area contributed by atoms with E-state index in [2.05, 4.69) is 12.8 Å². The molecule has 0 aromatic carbocycles. The van der Waals surface area contributed by atoms with Crippen molar-refractivity contribution in [1.29, 1.82) is 0 Å². The van der Waals surface area contributed by atoms with E-state index in [9.17, 15) is 13.6 Å². The van der Waals surface area contributed by atoms with Crippen molar-refractivity contribution in [3.05, 3.63) is 36.2 Å². The summed E-state index contributed by atoms with van der Waals surface area (Å²) < 4.78 is 24.0. The van der Waals surface area contributed by atoms with Gasteiger partial charge in [-0.15, -0.1) is 18.7 Å². The van der Waals surface area contributed by atoms with Crippen LogP contribution in [0.2, 0.25) is 0 Å².